The van der Waals surface area contributed by atoms with Crippen LogP contribution in [-0.2, 0) is 4.94 Å². The zero-order valence-corrected chi connectivity index (χ0v) is 3.64. The van der Waals surface area contributed by atoms with Gasteiger partial charge in [-0.3, -0.25) is 0 Å². The first-order chi connectivity index (χ1) is 3.13. The van der Waals surface area contributed by atoms with E-state index < -0.39 is 10.2 Å². The lowest BCUT2D eigenvalue weighted by molar-refractivity contribution is -1.03. The Balaban J connectivity index is 0. The Morgan fingerprint density at radius 2 is 1.38 bits per heavy atom. The van der Waals surface area contributed by atoms with Crippen LogP contribution in [0, 0.1) is 20.2 Å². The van der Waals surface area contributed by atoms with Gasteiger partial charge in [-0.05, 0) is 0 Å². The summed E-state index contributed by atoms with van der Waals surface area (Å²) in [6.45, 7) is 0. The van der Waals surface area contributed by atoms with Crippen molar-refractivity contribution in [2.45, 2.75) is 0 Å². The van der Waals surface area contributed by atoms with Gasteiger partial charge < -0.3 is 6.15 Å². The molecule has 0 radical (unpaired) electrons. The molecule has 0 rings (SSSR count). The normalized spacial score (nSPS) is 6.50. The van der Waals surface area contributed by atoms with Crippen LogP contribution in [0.15, 0.2) is 0 Å². The third-order valence-electron chi connectivity index (χ3n) is 0.133. The molecule has 0 fully saturated rings. The molecule has 8 nitrogen and oxygen atoms in total. The van der Waals surface area contributed by atoms with Crippen molar-refractivity contribution in [2.75, 3.05) is 0 Å². The van der Waals surface area contributed by atoms with Gasteiger partial charge in [-0.15, -0.1) is 20.2 Å². The lowest BCUT2D eigenvalue weighted by atomic mass is 12.9. The largest absolute Gasteiger partial charge is 0.356 e. The Kier molecular flexibility index (Phi) is 4.56. The molecule has 0 saturated carbocycles. The highest BCUT2D eigenvalue weighted by atomic mass is 17.1. The zero-order valence-electron chi connectivity index (χ0n) is 3.64. The minimum absolute atomic E-state index is 0. The Morgan fingerprint density at radius 1 is 1.12 bits per heavy atom. The van der Waals surface area contributed by atoms with Gasteiger partial charge in [-0.1, -0.05) is 0 Å². The average molecular weight is 125 g/mol. The molecule has 0 atom stereocenters. The molecular weight excluding hydrogens is 122 g/mol. The molecule has 3 N–H and O–H groups in total. The third kappa shape index (κ3) is 8.82. The standard InChI is InChI=1S/N2O5.H3N/c3-1(4)7-2(5)6;/h;1H3. The molecule has 48 valence electrons. The highest BCUT2D eigenvalue weighted by Gasteiger charge is 2.05. The van der Waals surface area contributed by atoms with Crippen LogP contribution in [0.3, 0.4) is 0 Å². The molecule has 0 aromatic rings. The van der Waals surface area contributed by atoms with Crippen molar-refractivity contribution in [3.8, 4) is 0 Å². The van der Waals surface area contributed by atoms with Crippen molar-refractivity contribution in [1.29, 1.82) is 0 Å². The molecule has 0 aliphatic rings. The lowest BCUT2D eigenvalue weighted by Gasteiger charge is -1.71. The van der Waals surface area contributed by atoms with E-state index in [9.17, 15) is 0 Å². The lowest BCUT2D eigenvalue weighted by Crippen LogP contribution is -2.06. The zero-order chi connectivity index (χ0) is 5.86. The summed E-state index contributed by atoms with van der Waals surface area (Å²) >= 11 is 0. The summed E-state index contributed by atoms with van der Waals surface area (Å²) in [5.74, 6) is 0. The molecule has 0 saturated heterocycles. The predicted octanol–water partition coefficient (Wildman–Crippen LogP) is -0.452. The van der Waals surface area contributed by atoms with Crippen molar-refractivity contribution in [2.24, 2.45) is 0 Å². The van der Waals surface area contributed by atoms with Crippen LogP contribution in [0.5, 0.6) is 0 Å². The summed E-state index contributed by atoms with van der Waals surface area (Å²) in [6.07, 6.45) is 0. The quantitative estimate of drug-likeness (QED) is 0.392. The molecule has 0 aromatic heterocycles. The fourth-order valence-corrected chi connectivity index (χ4v) is 0.0544. The van der Waals surface area contributed by atoms with E-state index in [4.69, 9.17) is 20.2 Å². The average Bonchev–Trinajstić information content (AvgIpc) is 1.27. The first-order valence-electron chi connectivity index (χ1n) is 1.10. The van der Waals surface area contributed by atoms with Gasteiger partial charge in [0.1, 0.15) is 0 Å². The van der Waals surface area contributed by atoms with E-state index in [0.717, 1.165) is 0 Å². The maximum Gasteiger partial charge on any atom is 0.356 e. The second-order valence-electron chi connectivity index (χ2n) is 0.529. The van der Waals surface area contributed by atoms with Crippen LogP contribution in [0.2, 0.25) is 0 Å². The molecule has 0 unspecified atom stereocenters. The van der Waals surface area contributed by atoms with E-state index in [0.29, 0.717) is 0 Å². The topological polar surface area (TPSA) is 131 Å². The van der Waals surface area contributed by atoms with Gasteiger partial charge >= 0.3 is 10.2 Å². The van der Waals surface area contributed by atoms with E-state index in [1.165, 1.54) is 0 Å². The highest BCUT2D eigenvalue weighted by molar-refractivity contribution is 3.89. The monoisotopic (exact) mass is 125 g/mol. The van der Waals surface area contributed by atoms with E-state index in [-0.39, 0.29) is 6.15 Å². The maximum atomic E-state index is 8.95. The molecule has 0 spiro atoms. The molecule has 8 heavy (non-hydrogen) atoms. The summed E-state index contributed by atoms with van der Waals surface area (Å²) in [5, 5.41) is 14.9. The number of hydrogen-bond donors (Lipinski definition) is 1. The number of nitrogens with zero attached hydrogens (tertiary/aromatic N) is 2. The fraction of sp³-hybridized carbons (Fsp3) is 0. The molecular formula is H3N3O5. The Labute approximate surface area is 42.8 Å². The molecule has 0 aliphatic heterocycles. The summed E-state index contributed by atoms with van der Waals surface area (Å²) in [6, 6.07) is 0. The van der Waals surface area contributed by atoms with Gasteiger partial charge in [-0.2, -0.15) is 0 Å². The minimum Gasteiger partial charge on any atom is -0.344 e. The van der Waals surface area contributed by atoms with Gasteiger partial charge in [0.2, 0.25) is 0 Å². The molecule has 0 aromatic carbocycles. The molecule has 8 heteroatoms. The van der Waals surface area contributed by atoms with E-state index in [2.05, 4.69) is 4.94 Å². The van der Waals surface area contributed by atoms with Gasteiger partial charge in [-0.25, -0.2) is 0 Å². The predicted molar refractivity (Wildman–Crippen MR) is 20.1 cm³/mol. The first kappa shape index (κ1) is 9.75. The first-order valence-corrected chi connectivity index (χ1v) is 1.10. The van der Waals surface area contributed by atoms with Crippen molar-refractivity contribution in [3.05, 3.63) is 20.2 Å². The van der Waals surface area contributed by atoms with Crippen LogP contribution in [0.1, 0.15) is 0 Å². The van der Waals surface area contributed by atoms with E-state index in [1.54, 1.807) is 0 Å². The van der Waals surface area contributed by atoms with E-state index in [1.807, 2.05) is 0 Å². The summed E-state index contributed by atoms with van der Waals surface area (Å²) in [4.78, 5) is 20.6. The fourth-order valence-electron chi connectivity index (χ4n) is 0.0544. The van der Waals surface area contributed by atoms with Crippen molar-refractivity contribution in [3.63, 3.8) is 0 Å². The molecule has 0 bridgehead atoms. The maximum absolute atomic E-state index is 8.95. The molecule has 0 amide bonds. The molecule has 0 heterocycles. The van der Waals surface area contributed by atoms with Gasteiger partial charge in [0.25, 0.3) is 0 Å². The Hall–Kier alpha value is -1.44. The Morgan fingerprint density at radius 3 is 1.38 bits per heavy atom. The van der Waals surface area contributed by atoms with Crippen molar-refractivity contribution < 1.29 is 15.1 Å². The molecule has 0 aliphatic carbocycles. The second kappa shape index (κ2) is 3.74. The third-order valence-corrected chi connectivity index (χ3v) is 0.133. The summed E-state index contributed by atoms with van der Waals surface area (Å²) < 4.78 is 0. The Bertz CT molecular complexity index is 83.8. The SMILES string of the molecule is N.O=[N+]([O-])O[N+](=O)[O-]. The minimum atomic E-state index is -1.50. The highest BCUT2D eigenvalue weighted by Crippen LogP contribution is 1.70. The van der Waals surface area contributed by atoms with Gasteiger partial charge in [0.15, 0.2) is 0 Å². The van der Waals surface area contributed by atoms with Crippen LogP contribution in [-0.4, -0.2) is 10.2 Å². The van der Waals surface area contributed by atoms with Gasteiger partial charge in [0.05, 0.1) is 0 Å². The summed E-state index contributed by atoms with van der Waals surface area (Å²) in [5.41, 5.74) is 0. The van der Waals surface area contributed by atoms with Crippen LogP contribution in [0.4, 0.5) is 0 Å². The van der Waals surface area contributed by atoms with Crippen molar-refractivity contribution >= 4 is 0 Å². The number of hydrogen-bond acceptors (Lipinski definition) is 6. The van der Waals surface area contributed by atoms with Crippen LogP contribution >= 0.6 is 0 Å². The smallest absolute Gasteiger partial charge is 0.344 e. The summed E-state index contributed by atoms with van der Waals surface area (Å²) in [7, 11) is 0. The number of rotatable bonds is 2. The second-order valence-corrected chi connectivity index (χ2v) is 0.529. The van der Waals surface area contributed by atoms with Gasteiger partial charge in [0, 0.05) is 4.94 Å². The van der Waals surface area contributed by atoms with E-state index >= 15 is 0 Å². The van der Waals surface area contributed by atoms with Crippen LogP contribution < -0.4 is 6.15 Å². The van der Waals surface area contributed by atoms with Crippen LogP contribution in [0.25, 0.3) is 0 Å². The van der Waals surface area contributed by atoms with Crippen molar-refractivity contribution in [1.82, 2.24) is 6.15 Å².